The van der Waals surface area contributed by atoms with Gasteiger partial charge in [0.1, 0.15) is 0 Å². The maximum atomic E-state index is 3.65. The summed E-state index contributed by atoms with van der Waals surface area (Å²) in [6.07, 6.45) is 5.09. The van der Waals surface area contributed by atoms with E-state index in [1.807, 2.05) is 0 Å². The number of unbranched alkanes of at least 4 members (excludes halogenated alkanes) is 1. The predicted molar refractivity (Wildman–Crippen MR) is 69.4 cm³/mol. The van der Waals surface area contributed by atoms with Crippen molar-refractivity contribution in [1.29, 1.82) is 0 Å². The summed E-state index contributed by atoms with van der Waals surface area (Å²) in [5.41, 5.74) is 0.283. The van der Waals surface area contributed by atoms with Gasteiger partial charge in [-0.3, -0.25) is 0 Å². The molecule has 2 atom stereocenters. The molecule has 0 saturated heterocycles. The van der Waals surface area contributed by atoms with Crippen molar-refractivity contribution >= 4 is 0 Å². The summed E-state index contributed by atoms with van der Waals surface area (Å²) >= 11 is 0. The van der Waals surface area contributed by atoms with Crippen molar-refractivity contribution < 1.29 is 0 Å². The van der Waals surface area contributed by atoms with Gasteiger partial charge >= 0.3 is 0 Å². The first-order valence-electron chi connectivity index (χ1n) is 6.43. The van der Waals surface area contributed by atoms with Crippen LogP contribution in [0.15, 0.2) is 0 Å². The van der Waals surface area contributed by atoms with E-state index >= 15 is 0 Å². The summed E-state index contributed by atoms with van der Waals surface area (Å²) in [5.74, 6) is 0. The van der Waals surface area contributed by atoms with Gasteiger partial charge in [0.2, 0.25) is 0 Å². The van der Waals surface area contributed by atoms with E-state index in [1.165, 1.54) is 25.7 Å². The van der Waals surface area contributed by atoms with Gasteiger partial charge in [0.25, 0.3) is 0 Å². The standard InChI is InChI=1S/C13H30N2/c1-7-10-11-12(14-9-3)13(4,8-2)15(5)6/h12,14H,7-11H2,1-6H3. The summed E-state index contributed by atoms with van der Waals surface area (Å²) in [5, 5.41) is 3.65. The third-order valence-electron chi connectivity index (χ3n) is 3.79. The minimum atomic E-state index is 0.283. The molecule has 15 heavy (non-hydrogen) atoms. The summed E-state index contributed by atoms with van der Waals surface area (Å²) in [6.45, 7) is 10.2. The zero-order valence-corrected chi connectivity index (χ0v) is 11.6. The zero-order valence-electron chi connectivity index (χ0n) is 11.6. The maximum Gasteiger partial charge on any atom is 0.0325 e. The average Bonchev–Trinajstić information content (AvgIpc) is 2.22. The van der Waals surface area contributed by atoms with E-state index in [-0.39, 0.29) is 5.54 Å². The number of nitrogens with zero attached hydrogens (tertiary/aromatic N) is 1. The molecule has 2 heteroatoms. The first kappa shape index (κ1) is 14.9. The Labute approximate surface area is 96.4 Å². The number of nitrogens with one attached hydrogen (secondary N) is 1. The number of hydrogen-bond acceptors (Lipinski definition) is 2. The Bertz CT molecular complexity index is 157. The van der Waals surface area contributed by atoms with Crippen LogP contribution < -0.4 is 5.32 Å². The van der Waals surface area contributed by atoms with E-state index in [0.29, 0.717) is 6.04 Å². The van der Waals surface area contributed by atoms with Gasteiger partial charge in [-0.25, -0.2) is 0 Å². The molecule has 0 aliphatic carbocycles. The van der Waals surface area contributed by atoms with E-state index in [0.717, 1.165) is 6.54 Å². The average molecular weight is 214 g/mol. The molecule has 0 heterocycles. The lowest BCUT2D eigenvalue weighted by molar-refractivity contribution is 0.107. The number of hydrogen-bond donors (Lipinski definition) is 1. The van der Waals surface area contributed by atoms with Gasteiger partial charge in [-0.1, -0.05) is 33.6 Å². The molecule has 0 bridgehead atoms. The van der Waals surface area contributed by atoms with Crippen molar-refractivity contribution in [2.45, 2.75) is 65.0 Å². The molecule has 2 unspecified atom stereocenters. The molecule has 2 nitrogen and oxygen atoms in total. The molecule has 1 N–H and O–H groups in total. The minimum absolute atomic E-state index is 0.283. The van der Waals surface area contributed by atoms with Crippen molar-refractivity contribution in [2.75, 3.05) is 20.6 Å². The third kappa shape index (κ3) is 4.12. The van der Waals surface area contributed by atoms with Crippen molar-refractivity contribution in [1.82, 2.24) is 10.2 Å². The van der Waals surface area contributed by atoms with Gasteiger partial charge in [0.05, 0.1) is 0 Å². The molecule has 0 spiro atoms. The highest BCUT2D eigenvalue weighted by Gasteiger charge is 2.33. The summed E-state index contributed by atoms with van der Waals surface area (Å²) in [7, 11) is 4.39. The molecular formula is C13H30N2. The Morgan fingerprint density at radius 3 is 2.13 bits per heavy atom. The first-order chi connectivity index (χ1) is 7.02. The van der Waals surface area contributed by atoms with Gasteiger partial charge < -0.3 is 10.2 Å². The molecular weight excluding hydrogens is 184 g/mol. The Hall–Kier alpha value is -0.0800. The van der Waals surface area contributed by atoms with Crippen LogP contribution in [0.25, 0.3) is 0 Å². The second-order valence-corrected chi connectivity index (χ2v) is 4.86. The number of likely N-dealkylation sites (N-methyl/N-ethyl adjacent to an activating group) is 2. The largest absolute Gasteiger partial charge is 0.312 e. The summed E-state index contributed by atoms with van der Waals surface area (Å²) in [6, 6.07) is 0.613. The molecule has 0 amide bonds. The normalized spacial score (nSPS) is 17.8. The molecule has 0 saturated carbocycles. The van der Waals surface area contributed by atoms with Crippen LogP contribution in [0.2, 0.25) is 0 Å². The Kier molecular flexibility index (Phi) is 7.20. The van der Waals surface area contributed by atoms with Crippen LogP contribution in [0, 0.1) is 0 Å². The molecule has 92 valence electrons. The van der Waals surface area contributed by atoms with E-state index in [9.17, 15) is 0 Å². The second-order valence-electron chi connectivity index (χ2n) is 4.86. The molecule has 0 aliphatic rings. The topological polar surface area (TPSA) is 15.3 Å². The highest BCUT2D eigenvalue weighted by Crippen LogP contribution is 2.24. The molecule has 0 radical (unpaired) electrons. The van der Waals surface area contributed by atoms with Crippen LogP contribution in [0.5, 0.6) is 0 Å². The first-order valence-corrected chi connectivity index (χ1v) is 6.43. The van der Waals surface area contributed by atoms with Crippen LogP contribution >= 0.6 is 0 Å². The highest BCUT2D eigenvalue weighted by molar-refractivity contribution is 4.93. The van der Waals surface area contributed by atoms with E-state index < -0.39 is 0 Å². The fourth-order valence-corrected chi connectivity index (χ4v) is 2.16. The number of rotatable bonds is 8. The molecule has 0 aromatic carbocycles. The zero-order chi connectivity index (χ0) is 11.9. The monoisotopic (exact) mass is 214 g/mol. The predicted octanol–water partition coefficient (Wildman–Crippen LogP) is 2.89. The lowest BCUT2D eigenvalue weighted by atomic mass is 9.85. The summed E-state index contributed by atoms with van der Waals surface area (Å²) < 4.78 is 0. The van der Waals surface area contributed by atoms with Crippen LogP contribution in [-0.2, 0) is 0 Å². The van der Waals surface area contributed by atoms with Crippen LogP contribution in [0.1, 0.15) is 53.4 Å². The molecule has 0 rings (SSSR count). The Morgan fingerprint density at radius 1 is 1.20 bits per heavy atom. The van der Waals surface area contributed by atoms with Crippen LogP contribution in [-0.4, -0.2) is 37.1 Å². The summed E-state index contributed by atoms with van der Waals surface area (Å²) in [4.78, 5) is 2.37. The van der Waals surface area contributed by atoms with Crippen molar-refractivity contribution in [3.63, 3.8) is 0 Å². The van der Waals surface area contributed by atoms with Crippen molar-refractivity contribution in [3.8, 4) is 0 Å². The lowest BCUT2D eigenvalue weighted by Gasteiger charge is -2.43. The fraction of sp³-hybridized carbons (Fsp3) is 1.00. The van der Waals surface area contributed by atoms with Crippen LogP contribution in [0.3, 0.4) is 0 Å². The molecule has 0 aromatic rings. The SMILES string of the molecule is CCCCC(NCC)C(C)(CC)N(C)C. The lowest BCUT2D eigenvalue weighted by Crippen LogP contribution is -2.56. The smallest absolute Gasteiger partial charge is 0.0325 e. The van der Waals surface area contributed by atoms with Gasteiger partial charge in [0, 0.05) is 11.6 Å². The minimum Gasteiger partial charge on any atom is -0.312 e. The Morgan fingerprint density at radius 2 is 1.80 bits per heavy atom. The van der Waals surface area contributed by atoms with Gasteiger partial charge in [-0.2, -0.15) is 0 Å². The van der Waals surface area contributed by atoms with Crippen molar-refractivity contribution in [3.05, 3.63) is 0 Å². The molecule has 0 aromatic heterocycles. The third-order valence-corrected chi connectivity index (χ3v) is 3.79. The highest BCUT2D eigenvalue weighted by atomic mass is 15.2. The second kappa shape index (κ2) is 7.24. The van der Waals surface area contributed by atoms with Crippen LogP contribution in [0.4, 0.5) is 0 Å². The molecule has 0 aliphatic heterocycles. The quantitative estimate of drug-likeness (QED) is 0.668. The van der Waals surface area contributed by atoms with Crippen molar-refractivity contribution in [2.24, 2.45) is 0 Å². The van der Waals surface area contributed by atoms with E-state index in [4.69, 9.17) is 0 Å². The van der Waals surface area contributed by atoms with Gasteiger partial charge in [-0.05, 0) is 40.4 Å². The van der Waals surface area contributed by atoms with E-state index in [1.54, 1.807) is 0 Å². The molecule has 0 fully saturated rings. The Balaban J connectivity index is 4.52. The van der Waals surface area contributed by atoms with Gasteiger partial charge in [-0.15, -0.1) is 0 Å². The van der Waals surface area contributed by atoms with Gasteiger partial charge in [0.15, 0.2) is 0 Å². The maximum absolute atomic E-state index is 3.65. The fourth-order valence-electron chi connectivity index (χ4n) is 2.16. The van der Waals surface area contributed by atoms with E-state index in [2.05, 4.69) is 52.0 Å².